The highest BCUT2D eigenvalue weighted by molar-refractivity contribution is 7.89. The number of hydrogen-bond donors (Lipinski definition) is 1. The van der Waals surface area contributed by atoms with Crippen molar-refractivity contribution in [2.24, 2.45) is 0 Å². The molecule has 116 valence electrons. The molecule has 1 aliphatic heterocycles. The van der Waals surface area contributed by atoms with Gasteiger partial charge in [-0.25, -0.2) is 13.1 Å². The Hall–Kier alpha value is -1.51. The first-order valence-corrected chi connectivity index (χ1v) is 8.40. The second-order valence-electron chi connectivity index (χ2n) is 5.05. The number of piperidine rings is 1. The number of sulfonamides is 1. The molecule has 0 aromatic heterocycles. The van der Waals surface area contributed by atoms with Crippen LogP contribution in [0.4, 0.5) is 5.69 Å². The van der Waals surface area contributed by atoms with Gasteiger partial charge in [-0.3, -0.25) is 10.1 Å². The Morgan fingerprint density at radius 1 is 1.33 bits per heavy atom. The van der Waals surface area contributed by atoms with Crippen molar-refractivity contribution in [1.82, 2.24) is 9.62 Å². The Labute approximate surface area is 124 Å². The Kier molecular flexibility index (Phi) is 4.92. The molecule has 8 heteroatoms. The third-order valence-corrected chi connectivity index (χ3v) is 5.28. The fraction of sp³-hybridized carbons (Fsp3) is 0.538. The molecule has 1 aromatic carbocycles. The highest BCUT2D eigenvalue weighted by Gasteiger charge is 2.29. The first-order chi connectivity index (χ1) is 9.94. The number of nitrogens with zero attached hydrogens (tertiary/aromatic N) is 2. The van der Waals surface area contributed by atoms with Gasteiger partial charge in [0.2, 0.25) is 10.0 Å². The van der Waals surface area contributed by atoms with Crippen LogP contribution in [0.2, 0.25) is 0 Å². The minimum atomic E-state index is -3.87. The van der Waals surface area contributed by atoms with Gasteiger partial charge in [0.15, 0.2) is 4.90 Å². The molecule has 0 radical (unpaired) electrons. The zero-order valence-corrected chi connectivity index (χ0v) is 12.7. The second kappa shape index (κ2) is 6.50. The molecule has 7 nitrogen and oxygen atoms in total. The van der Waals surface area contributed by atoms with Gasteiger partial charge in [0.05, 0.1) is 4.92 Å². The van der Waals surface area contributed by atoms with E-state index in [0.717, 1.165) is 19.6 Å². The quantitative estimate of drug-likeness (QED) is 0.654. The van der Waals surface area contributed by atoms with Crippen LogP contribution in [-0.4, -0.2) is 43.9 Å². The first-order valence-electron chi connectivity index (χ1n) is 6.92. The van der Waals surface area contributed by atoms with E-state index in [9.17, 15) is 18.5 Å². The van der Waals surface area contributed by atoms with Crippen molar-refractivity contribution < 1.29 is 13.3 Å². The monoisotopic (exact) mass is 313 g/mol. The molecule has 1 saturated heterocycles. The molecule has 1 aliphatic rings. The summed E-state index contributed by atoms with van der Waals surface area (Å²) >= 11 is 0. The van der Waals surface area contributed by atoms with Crippen molar-refractivity contribution in [3.8, 4) is 0 Å². The minimum Gasteiger partial charge on any atom is -0.303 e. The summed E-state index contributed by atoms with van der Waals surface area (Å²) in [7, 11) is -3.87. The fourth-order valence-electron chi connectivity index (χ4n) is 2.49. The van der Waals surface area contributed by atoms with Crippen LogP contribution in [0, 0.1) is 10.1 Å². The molecule has 2 rings (SSSR count). The molecule has 1 N–H and O–H groups in total. The van der Waals surface area contributed by atoms with Crippen molar-refractivity contribution >= 4 is 15.7 Å². The van der Waals surface area contributed by atoms with E-state index in [1.165, 1.54) is 24.3 Å². The molecule has 0 aliphatic carbocycles. The van der Waals surface area contributed by atoms with Gasteiger partial charge in [-0.15, -0.1) is 0 Å². The van der Waals surface area contributed by atoms with Crippen LogP contribution in [0.25, 0.3) is 0 Å². The maximum atomic E-state index is 12.3. The number of nitro benzene ring substituents is 1. The molecule has 1 fully saturated rings. The molecule has 0 saturated carbocycles. The van der Waals surface area contributed by atoms with Crippen LogP contribution < -0.4 is 4.72 Å². The predicted molar refractivity (Wildman–Crippen MR) is 78.6 cm³/mol. The largest absolute Gasteiger partial charge is 0.303 e. The van der Waals surface area contributed by atoms with Gasteiger partial charge in [0.1, 0.15) is 0 Å². The first kappa shape index (κ1) is 15.9. The topological polar surface area (TPSA) is 92.6 Å². The number of likely N-dealkylation sites (tertiary alicyclic amines) is 1. The van der Waals surface area contributed by atoms with E-state index in [-0.39, 0.29) is 10.9 Å². The van der Waals surface area contributed by atoms with E-state index in [0.29, 0.717) is 12.8 Å². The summed E-state index contributed by atoms with van der Waals surface area (Å²) in [5.74, 6) is 0. The van der Waals surface area contributed by atoms with Gasteiger partial charge < -0.3 is 4.90 Å². The molecule has 0 spiro atoms. The van der Waals surface area contributed by atoms with Crippen LogP contribution in [-0.2, 0) is 10.0 Å². The lowest BCUT2D eigenvalue weighted by Gasteiger charge is -2.31. The van der Waals surface area contributed by atoms with E-state index in [1.807, 2.05) is 0 Å². The maximum absolute atomic E-state index is 12.3. The number of para-hydroxylation sites is 1. The van der Waals surface area contributed by atoms with Crippen LogP contribution in [0.5, 0.6) is 0 Å². The lowest BCUT2D eigenvalue weighted by Crippen LogP contribution is -2.44. The lowest BCUT2D eigenvalue weighted by molar-refractivity contribution is -0.387. The Bertz CT molecular complexity index is 610. The van der Waals surface area contributed by atoms with Gasteiger partial charge in [-0.1, -0.05) is 19.1 Å². The fourth-order valence-corrected chi connectivity index (χ4v) is 3.96. The van der Waals surface area contributed by atoms with E-state index in [1.54, 1.807) is 0 Å². The molecule has 1 aromatic rings. The zero-order chi connectivity index (χ0) is 15.5. The molecular formula is C13H19N3O4S. The maximum Gasteiger partial charge on any atom is 0.289 e. The lowest BCUT2D eigenvalue weighted by atomic mass is 10.1. The third kappa shape index (κ3) is 3.78. The van der Waals surface area contributed by atoms with Crippen molar-refractivity contribution in [3.63, 3.8) is 0 Å². The van der Waals surface area contributed by atoms with Crippen LogP contribution in [0.15, 0.2) is 29.2 Å². The van der Waals surface area contributed by atoms with Gasteiger partial charge in [-0.05, 0) is 38.5 Å². The average molecular weight is 313 g/mol. The van der Waals surface area contributed by atoms with E-state index >= 15 is 0 Å². The molecule has 1 heterocycles. The number of nitro groups is 1. The summed E-state index contributed by atoms with van der Waals surface area (Å²) in [5.41, 5.74) is -0.393. The summed E-state index contributed by atoms with van der Waals surface area (Å²) in [4.78, 5) is 12.3. The Morgan fingerprint density at radius 2 is 1.95 bits per heavy atom. The number of benzene rings is 1. The Balaban J connectivity index is 2.15. The molecule has 21 heavy (non-hydrogen) atoms. The number of rotatable bonds is 5. The predicted octanol–water partition coefficient (Wildman–Crippen LogP) is 1.36. The molecular weight excluding hydrogens is 294 g/mol. The van der Waals surface area contributed by atoms with Gasteiger partial charge in [0, 0.05) is 12.1 Å². The van der Waals surface area contributed by atoms with Crippen molar-refractivity contribution in [2.75, 3.05) is 19.6 Å². The highest BCUT2D eigenvalue weighted by Crippen LogP contribution is 2.24. The van der Waals surface area contributed by atoms with Crippen molar-refractivity contribution in [2.45, 2.75) is 30.7 Å². The van der Waals surface area contributed by atoms with Gasteiger partial charge in [-0.2, -0.15) is 0 Å². The normalized spacial score (nSPS) is 17.8. The van der Waals surface area contributed by atoms with Gasteiger partial charge in [0.25, 0.3) is 5.69 Å². The zero-order valence-electron chi connectivity index (χ0n) is 11.9. The Morgan fingerprint density at radius 3 is 2.52 bits per heavy atom. The molecule has 0 atom stereocenters. The van der Waals surface area contributed by atoms with Crippen LogP contribution in [0.1, 0.15) is 19.8 Å². The van der Waals surface area contributed by atoms with Crippen LogP contribution in [0.3, 0.4) is 0 Å². The molecule has 0 bridgehead atoms. The summed E-state index contributed by atoms with van der Waals surface area (Å²) in [6.45, 7) is 4.68. The van der Waals surface area contributed by atoms with E-state index in [2.05, 4.69) is 16.5 Å². The van der Waals surface area contributed by atoms with Gasteiger partial charge >= 0.3 is 0 Å². The van der Waals surface area contributed by atoms with E-state index in [4.69, 9.17) is 0 Å². The third-order valence-electron chi connectivity index (χ3n) is 3.71. The second-order valence-corrected chi connectivity index (χ2v) is 6.74. The summed E-state index contributed by atoms with van der Waals surface area (Å²) in [6.07, 6.45) is 1.43. The number of hydrogen-bond acceptors (Lipinski definition) is 5. The SMILES string of the molecule is CCN1CCC(NS(=O)(=O)c2ccccc2[N+](=O)[O-])CC1. The van der Waals surface area contributed by atoms with Crippen LogP contribution >= 0.6 is 0 Å². The van der Waals surface area contributed by atoms with Crippen molar-refractivity contribution in [1.29, 1.82) is 0 Å². The highest BCUT2D eigenvalue weighted by atomic mass is 32.2. The standard InChI is InChI=1S/C13H19N3O4S/c1-2-15-9-7-11(8-10-15)14-21(19,20)13-6-4-3-5-12(13)16(17)18/h3-6,11,14H,2,7-10H2,1H3. The molecule has 0 unspecified atom stereocenters. The summed E-state index contributed by atoms with van der Waals surface area (Å²) in [6, 6.07) is 5.24. The smallest absolute Gasteiger partial charge is 0.289 e. The average Bonchev–Trinajstić information content (AvgIpc) is 2.47. The number of nitrogens with one attached hydrogen (secondary N) is 1. The van der Waals surface area contributed by atoms with Crippen molar-refractivity contribution in [3.05, 3.63) is 34.4 Å². The summed E-state index contributed by atoms with van der Waals surface area (Å²) < 4.78 is 27.3. The molecule has 0 amide bonds. The minimum absolute atomic E-state index is 0.169. The van der Waals surface area contributed by atoms with E-state index < -0.39 is 20.6 Å². The summed E-state index contributed by atoms with van der Waals surface area (Å²) in [5, 5.41) is 10.9.